The third-order valence-corrected chi connectivity index (χ3v) is 3.76. The molecule has 1 amide bonds. The molecule has 1 saturated heterocycles. The molecule has 1 aliphatic heterocycles. The summed E-state index contributed by atoms with van der Waals surface area (Å²) in [5, 5.41) is 0. The van der Waals surface area contributed by atoms with Gasteiger partial charge in [0, 0.05) is 19.0 Å². The van der Waals surface area contributed by atoms with Gasteiger partial charge in [0.1, 0.15) is 6.10 Å². The van der Waals surface area contributed by atoms with Crippen molar-refractivity contribution in [1.82, 2.24) is 14.9 Å². The molecule has 1 aromatic heterocycles. The first-order valence-corrected chi connectivity index (χ1v) is 7.79. The van der Waals surface area contributed by atoms with Gasteiger partial charge in [-0.1, -0.05) is 30.3 Å². The molecule has 24 heavy (non-hydrogen) atoms. The number of rotatable bonds is 5. The van der Waals surface area contributed by atoms with Gasteiger partial charge in [0.25, 0.3) is 0 Å². The molecule has 124 valence electrons. The fourth-order valence-electron chi connectivity index (χ4n) is 2.52. The van der Waals surface area contributed by atoms with Crippen molar-refractivity contribution in [1.29, 1.82) is 0 Å². The number of hydrogen-bond donors (Lipinski definition) is 0. The molecule has 0 N–H and O–H groups in total. The molecular weight excluding hydrogens is 306 g/mol. The minimum absolute atomic E-state index is 0.0123. The van der Waals surface area contributed by atoms with E-state index < -0.39 is 0 Å². The number of amides is 1. The highest BCUT2D eigenvalue weighted by molar-refractivity contribution is 5.92. The molecule has 3 rings (SSSR count). The fraction of sp³-hybridized carbons (Fsp3) is 0.278. The monoisotopic (exact) mass is 325 g/mol. The third-order valence-electron chi connectivity index (χ3n) is 3.76. The van der Waals surface area contributed by atoms with E-state index in [4.69, 9.17) is 9.47 Å². The van der Waals surface area contributed by atoms with Gasteiger partial charge in [0.2, 0.25) is 17.7 Å². The van der Waals surface area contributed by atoms with Crippen LogP contribution in [0.1, 0.15) is 12.0 Å². The van der Waals surface area contributed by atoms with Gasteiger partial charge < -0.3 is 14.4 Å². The number of aromatic nitrogens is 2. The molecule has 6 heteroatoms. The van der Waals surface area contributed by atoms with Gasteiger partial charge in [-0.05, 0) is 11.6 Å². The van der Waals surface area contributed by atoms with Gasteiger partial charge in [-0.25, -0.2) is 0 Å². The van der Waals surface area contributed by atoms with Crippen LogP contribution in [-0.2, 0) is 4.79 Å². The Morgan fingerprint density at radius 1 is 1.25 bits per heavy atom. The number of carbonyl (C=O) groups excluding carboxylic acids is 1. The van der Waals surface area contributed by atoms with E-state index >= 15 is 0 Å². The molecule has 0 unspecified atom stereocenters. The summed E-state index contributed by atoms with van der Waals surface area (Å²) in [5.41, 5.74) is 1.00. The van der Waals surface area contributed by atoms with Gasteiger partial charge in [-0.3, -0.25) is 9.78 Å². The van der Waals surface area contributed by atoms with Crippen LogP contribution in [0.25, 0.3) is 6.08 Å². The molecule has 1 aliphatic rings. The maximum atomic E-state index is 12.3. The van der Waals surface area contributed by atoms with E-state index in [0.29, 0.717) is 24.8 Å². The normalized spacial score (nSPS) is 17.2. The molecule has 0 radical (unpaired) electrons. The Morgan fingerprint density at radius 3 is 2.83 bits per heavy atom. The molecule has 0 aliphatic carbocycles. The Morgan fingerprint density at radius 2 is 2.04 bits per heavy atom. The quantitative estimate of drug-likeness (QED) is 0.788. The lowest BCUT2D eigenvalue weighted by molar-refractivity contribution is -0.125. The van der Waals surface area contributed by atoms with Crippen LogP contribution in [0, 0.1) is 0 Å². The number of ether oxygens (including phenoxy) is 2. The van der Waals surface area contributed by atoms with E-state index in [1.54, 1.807) is 17.2 Å². The topological polar surface area (TPSA) is 64.6 Å². The number of likely N-dealkylation sites (tertiary alicyclic amines) is 1. The zero-order chi connectivity index (χ0) is 16.8. The van der Waals surface area contributed by atoms with E-state index in [9.17, 15) is 4.79 Å². The molecule has 0 bridgehead atoms. The van der Waals surface area contributed by atoms with Gasteiger partial charge in [0.15, 0.2) is 0 Å². The largest absolute Gasteiger partial charge is 0.480 e. The second kappa shape index (κ2) is 7.59. The molecule has 1 aromatic carbocycles. The molecule has 0 spiro atoms. The van der Waals surface area contributed by atoms with Gasteiger partial charge in [-0.15, -0.1) is 0 Å². The highest BCUT2D eigenvalue weighted by Crippen LogP contribution is 2.18. The van der Waals surface area contributed by atoms with Crippen molar-refractivity contribution in [2.45, 2.75) is 12.5 Å². The smallest absolute Gasteiger partial charge is 0.246 e. The predicted molar refractivity (Wildman–Crippen MR) is 89.7 cm³/mol. The average molecular weight is 325 g/mol. The number of hydrogen-bond acceptors (Lipinski definition) is 5. The molecule has 0 saturated carbocycles. The van der Waals surface area contributed by atoms with Crippen LogP contribution in [0.2, 0.25) is 0 Å². The Labute approximate surface area is 140 Å². The second-order valence-corrected chi connectivity index (χ2v) is 5.46. The lowest BCUT2D eigenvalue weighted by Crippen LogP contribution is -2.29. The lowest BCUT2D eigenvalue weighted by Gasteiger charge is -2.15. The summed E-state index contributed by atoms with van der Waals surface area (Å²) in [7, 11) is 1.53. The number of methoxy groups -OCH3 is 1. The summed E-state index contributed by atoms with van der Waals surface area (Å²) in [5.74, 6) is 0.805. The van der Waals surface area contributed by atoms with E-state index in [-0.39, 0.29) is 12.0 Å². The van der Waals surface area contributed by atoms with E-state index in [2.05, 4.69) is 9.97 Å². The Bertz CT molecular complexity index is 718. The first kappa shape index (κ1) is 16.0. The van der Waals surface area contributed by atoms with Crippen LogP contribution in [-0.4, -0.2) is 47.1 Å². The van der Waals surface area contributed by atoms with Crippen molar-refractivity contribution < 1.29 is 14.3 Å². The van der Waals surface area contributed by atoms with Crippen LogP contribution in [0.15, 0.2) is 48.8 Å². The Hall–Kier alpha value is -2.89. The van der Waals surface area contributed by atoms with Gasteiger partial charge in [-0.2, -0.15) is 4.98 Å². The second-order valence-electron chi connectivity index (χ2n) is 5.46. The van der Waals surface area contributed by atoms with Crippen molar-refractivity contribution in [2.24, 2.45) is 0 Å². The Kier molecular flexibility index (Phi) is 5.05. The molecule has 1 fully saturated rings. The van der Waals surface area contributed by atoms with Crippen LogP contribution >= 0.6 is 0 Å². The summed E-state index contributed by atoms with van der Waals surface area (Å²) < 4.78 is 10.8. The molecule has 2 aromatic rings. The van der Waals surface area contributed by atoms with Crippen LogP contribution in [0.4, 0.5) is 0 Å². The first-order valence-electron chi connectivity index (χ1n) is 7.79. The van der Waals surface area contributed by atoms with Crippen molar-refractivity contribution in [2.75, 3.05) is 20.2 Å². The van der Waals surface area contributed by atoms with E-state index in [1.165, 1.54) is 13.3 Å². The number of benzene rings is 1. The minimum atomic E-state index is -0.0829. The maximum absolute atomic E-state index is 12.3. The van der Waals surface area contributed by atoms with Gasteiger partial charge in [0.05, 0.1) is 26.0 Å². The molecular formula is C18H19N3O3. The average Bonchev–Trinajstić information content (AvgIpc) is 3.09. The summed E-state index contributed by atoms with van der Waals surface area (Å²) in [6.07, 6.45) is 7.17. The standard InChI is InChI=1S/C18H19N3O3/c1-23-16-11-19-12-17(20-16)24-15-9-10-21(13-15)18(22)8-7-14-5-3-2-4-6-14/h2-8,11-12,15H,9-10,13H2,1H3/b8-7+/t15-/m1/s1. The molecule has 6 nitrogen and oxygen atoms in total. The van der Waals surface area contributed by atoms with Crippen molar-refractivity contribution in [3.05, 3.63) is 54.4 Å². The molecule has 2 heterocycles. The SMILES string of the molecule is COc1cncc(O[C@@H]2CCN(C(=O)/C=C/c3ccccc3)C2)n1. The lowest BCUT2D eigenvalue weighted by atomic mass is 10.2. The van der Waals surface area contributed by atoms with Crippen molar-refractivity contribution >= 4 is 12.0 Å². The van der Waals surface area contributed by atoms with Crippen LogP contribution < -0.4 is 9.47 Å². The highest BCUT2D eigenvalue weighted by atomic mass is 16.5. The van der Waals surface area contributed by atoms with Crippen molar-refractivity contribution in [3.8, 4) is 11.8 Å². The van der Waals surface area contributed by atoms with Crippen LogP contribution in [0.3, 0.4) is 0 Å². The zero-order valence-electron chi connectivity index (χ0n) is 13.5. The predicted octanol–water partition coefficient (Wildman–Crippen LogP) is 2.18. The Balaban J connectivity index is 1.54. The van der Waals surface area contributed by atoms with E-state index in [0.717, 1.165) is 12.0 Å². The molecule has 1 atom stereocenters. The fourth-order valence-corrected chi connectivity index (χ4v) is 2.52. The van der Waals surface area contributed by atoms with Crippen molar-refractivity contribution in [3.63, 3.8) is 0 Å². The summed E-state index contributed by atoms with van der Waals surface area (Å²) >= 11 is 0. The minimum Gasteiger partial charge on any atom is -0.480 e. The summed E-state index contributed by atoms with van der Waals surface area (Å²) in [6, 6.07) is 9.75. The third kappa shape index (κ3) is 4.10. The van der Waals surface area contributed by atoms with E-state index in [1.807, 2.05) is 36.4 Å². The maximum Gasteiger partial charge on any atom is 0.246 e. The summed E-state index contributed by atoms with van der Waals surface area (Å²) in [6.45, 7) is 1.21. The van der Waals surface area contributed by atoms with Crippen LogP contribution in [0.5, 0.6) is 11.8 Å². The summed E-state index contributed by atoms with van der Waals surface area (Å²) in [4.78, 5) is 22.2. The number of nitrogens with zero attached hydrogens (tertiary/aromatic N) is 3. The first-order chi connectivity index (χ1) is 11.7. The highest BCUT2D eigenvalue weighted by Gasteiger charge is 2.26. The zero-order valence-corrected chi connectivity index (χ0v) is 13.5. The van der Waals surface area contributed by atoms with Gasteiger partial charge >= 0.3 is 0 Å². The number of carbonyl (C=O) groups is 1.